The van der Waals surface area contributed by atoms with Crippen LogP contribution in [0.4, 0.5) is 0 Å². The van der Waals surface area contributed by atoms with Crippen LogP contribution < -0.4 is 4.74 Å². The van der Waals surface area contributed by atoms with Gasteiger partial charge in [-0.05, 0) is 13.8 Å². The average Bonchev–Trinajstić information content (AvgIpc) is 3.22. The van der Waals surface area contributed by atoms with E-state index in [9.17, 15) is 4.79 Å². The number of rotatable bonds is 4. The smallest absolute Gasteiger partial charge is 0.264 e. The first-order valence-corrected chi connectivity index (χ1v) is 8.39. The predicted molar refractivity (Wildman–Crippen MR) is 87.8 cm³/mol. The molecule has 132 valence electrons. The molecule has 3 atom stereocenters. The Balaban J connectivity index is 1.48. The Bertz CT molecular complexity index is 792. The van der Waals surface area contributed by atoms with Crippen LogP contribution >= 0.6 is 0 Å². The highest BCUT2D eigenvalue weighted by Gasteiger charge is 2.52. The summed E-state index contributed by atoms with van der Waals surface area (Å²) >= 11 is 0. The van der Waals surface area contributed by atoms with Crippen molar-refractivity contribution in [3.05, 3.63) is 35.6 Å². The van der Waals surface area contributed by atoms with Gasteiger partial charge in [0.25, 0.3) is 5.91 Å². The molecule has 0 unspecified atom stereocenters. The van der Waals surface area contributed by atoms with E-state index in [2.05, 4.69) is 20.0 Å². The van der Waals surface area contributed by atoms with E-state index in [0.29, 0.717) is 18.2 Å². The van der Waals surface area contributed by atoms with Gasteiger partial charge < -0.3 is 14.2 Å². The van der Waals surface area contributed by atoms with E-state index in [1.165, 1.54) is 0 Å². The molecule has 2 fully saturated rings. The second-order valence-corrected chi connectivity index (χ2v) is 6.78. The van der Waals surface area contributed by atoms with Crippen LogP contribution in [-0.4, -0.2) is 63.1 Å². The number of aryl methyl sites for hydroxylation is 2. The van der Waals surface area contributed by atoms with Gasteiger partial charge in [0.05, 0.1) is 11.7 Å². The highest BCUT2D eigenvalue weighted by molar-refractivity contribution is 5.84. The van der Waals surface area contributed by atoms with Crippen molar-refractivity contribution in [3.8, 4) is 5.88 Å². The van der Waals surface area contributed by atoms with Crippen molar-refractivity contribution in [2.75, 3.05) is 20.1 Å². The van der Waals surface area contributed by atoms with Gasteiger partial charge in [-0.1, -0.05) is 5.16 Å². The number of hydrogen-bond donors (Lipinski definition) is 0. The number of amides is 1. The molecule has 2 aromatic heterocycles. The van der Waals surface area contributed by atoms with Crippen molar-refractivity contribution in [1.29, 1.82) is 0 Å². The number of ether oxygens (including phenoxy) is 1. The lowest BCUT2D eigenvalue weighted by Crippen LogP contribution is -2.38. The number of nitrogens with zero attached hydrogens (tertiary/aromatic N) is 5. The standard InChI is InChI=1S/C17H21N5O3/c1-10-6-12(20-25-10)7-22-8-13-14(9-22)21(3)17(23)16(13)24-15-4-5-18-11(2)19-15/h4-6,13-14,16H,7-9H2,1-3H3/t13-,14+,16-/m0/s1. The van der Waals surface area contributed by atoms with Crippen molar-refractivity contribution in [2.24, 2.45) is 5.92 Å². The van der Waals surface area contributed by atoms with Crippen LogP contribution in [0, 0.1) is 19.8 Å². The molecule has 8 nitrogen and oxygen atoms in total. The Labute approximate surface area is 145 Å². The first-order chi connectivity index (χ1) is 12.0. The molecule has 2 saturated heterocycles. The lowest BCUT2D eigenvalue weighted by atomic mass is 10.0. The topological polar surface area (TPSA) is 84.6 Å². The van der Waals surface area contributed by atoms with E-state index in [1.807, 2.05) is 20.0 Å². The molecule has 2 aromatic rings. The van der Waals surface area contributed by atoms with Crippen LogP contribution in [0.5, 0.6) is 5.88 Å². The van der Waals surface area contributed by atoms with Crippen LogP contribution in [0.2, 0.25) is 0 Å². The van der Waals surface area contributed by atoms with Crippen LogP contribution in [0.25, 0.3) is 0 Å². The van der Waals surface area contributed by atoms with E-state index < -0.39 is 6.10 Å². The van der Waals surface area contributed by atoms with Gasteiger partial charge in [0.1, 0.15) is 11.6 Å². The molecule has 2 aliphatic rings. The Morgan fingerprint density at radius 1 is 1.36 bits per heavy atom. The second-order valence-electron chi connectivity index (χ2n) is 6.78. The third kappa shape index (κ3) is 2.97. The maximum absolute atomic E-state index is 12.6. The van der Waals surface area contributed by atoms with Gasteiger partial charge in [-0.2, -0.15) is 4.98 Å². The van der Waals surface area contributed by atoms with Gasteiger partial charge >= 0.3 is 0 Å². The molecule has 0 N–H and O–H groups in total. The first kappa shape index (κ1) is 16.0. The molecule has 25 heavy (non-hydrogen) atoms. The van der Waals surface area contributed by atoms with Crippen molar-refractivity contribution in [1.82, 2.24) is 24.9 Å². The largest absolute Gasteiger partial charge is 0.464 e. The summed E-state index contributed by atoms with van der Waals surface area (Å²) in [4.78, 5) is 25.0. The number of likely N-dealkylation sites (tertiary alicyclic amines) is 2. The minimum Gasteiger partial charge on any atom is -0.464 e. The van der Waals surface area contributed by atoms with E-state index in [-0.39, 0.29) is 17.9 Å². The summed E-state index contributed by atoms with van der Waals surface area (Å²) in [5.74, 6) is 2.01. The SMILES string of the molecule is Cc1nccc(O[C@@H]2C(=O)N(C)[C@@H]3CN(Cc4cc(C)on4)C[C@H]23)n1. The fraction of sp³-hybridized carbons (Fsp3) is 0.529. The fourth-order valence-electron chi connectivity index (χ4n) is 3.77. The maximum atomic E-state index is 12.6. The fourth-order valence-corrected chi connectivity index (χ4v) is 3.77. The summed E-state index contributed by atoms with van der Waals surface area (Å²) in [6.07, 6.45) is 1.14. The van der Waals surface area contributed by atoms with Gasteiger partial charge in [-0.25, -0.2) is 4.98 Å². The minimum absolute atomic E-state index is 0.0168. The van der Waals surface area contributed by atoms with Crippen LogP contribution in [0.3, 0.4) is 0 Å². The number of fused-ring (bicyclic) bond motifs is 1. The van der Waals surface area contributed by atoms with Crippen LogP contribution in [-0.2, 0) is 11.3 Å². The van der Waals surface area contributed by atoms with Crippen molar-refractivity contribution in [2.45, 2.75) is 32.5 Å². The number of likely N-dealkylation sites (N-methyl/N-ethyl adjacent to an activating group) is 1. The molecule has 0 spiro atoms. The Kier molecular flexibility index (Phi) is 3.91. The molecule has 8 heteroatoms. The molecule has 4 rings (SSSR count). The van der Waals surface area contributed by atoms with Crippen molar-refractivity contribution >= 4 is 5.91 Å². The summed E-state index contributed by atoms with van der Waals surface area (Å²) in [5.41, 5.74) is 0.912. The van der Waals surface area contributed by atoms with Gasteiger partial charge in [0.15, 0.2) is 6.10 Å². The van der Waals surface area contributed by atoms with E-state index in [0.717, 1.165) is 24.5 Å². The first-order valence-electron chi connectivity index (χ1n) is 8.39. The van der Waals surface area contributed by atoms with Gasteiger partial charge in [0.2, 0.25) is 5.88 Å². The monoisotopic (exact) mass is 343 g/mol. The molecule has 4 heterocycles. The van der Waals surface area contributed by atoms with Crippen LogP contribution in [0.15, 0.2) is 22.9 Å². The maximum Gasteiger partial charge on any atom is 0.264 e. The van der Waals surface area contributed by atoms with E-state index in [4.69, 9.17) is 9.26 Å². The number of hydrogen-bond acceptors (Lipinski definition) is 7. The molecule has 0 radical (unpaired) electrons. The van der Waals surface area contributed by atoms with Gasteiger partial charge in [-0.15, -0.1) is 0 Å². The quantitative estimate of drug-likeness (QED) is 0.812. The highest BCUT2D eigenvalue weighted by Crippen LogP contribution is 2.34. The summed E-state index contributed by atoms with van der Waals surface area (Å²) in [7, 11) is 1.85. The van der Waals surface area contributed by atoms with Crippen molar-refractivity contribution < 1.29 is 14.1 Å². The minimum atomic E-state index is -0.506. The summed E-state index contributed by atoms with van der Waals surface area (Å²) in [6, 6.07) is 3.78. The normalized spacial score (nSPS) is 26.3. The van der Waals surface area contributed by atoms with Crippen LogP contribution in [0.1, 0.15) is 17.3 Å². The zero-order chi connectivity index (χ0) is 17.6. The average molecular weight is 343 g/mol. The molecule has 2 aliphatic heterocycles. The molecule has 0 saturated carbocycles. The molecular formula is C17H21N5O3. The molecule has 1 amide bonds. The molecule has 0 bridgehead atoms. The zero-order valence-electron chi connectivity index (χ0n) is 14.5. The summed E-state index contributed by atoms with van der Waals surface area (Å²) in [6.45, 7) is 5.99. The summed E-state index contributed by atoms with van der Waals surface area (Å²) in [5, 5.41) is 4.06. The lowest BCUT2D eigenvalue weighted by molar-refractivity contribution is -0.134. The predicted octanol–water partition coefficient (Wildman–Crippen LogP) is 0.801. The molecule has 0 aromatic carbocycles. The van der Waals surface area contributed by atoms with Crippen molar-refractivity contribution in [3.63, 3.8) is 0 Å². The number of carbonyl (C=O) groups is 1. The third-order valence-corrected chi connectivity index (χ3v) is 4.95. The Morgan fingerprint density at radius 3 is 2.92 bits per heavy atom. The Morgan fingerprint density at radius 2 is 2.20 bits per heavy atom. The number of aromatic nitrogens is 3. The third-order valence-electron chi connectivity index (χ3n) is 4.95. The summed E-state index contributed by atoms with van der Waals surface area (Å²) < 4.78 is 11.1. The Hall–Kier alpha value is -2.48. The highest BCUT2D eigenvalue weighted by atomic mass is 16.5. The second kappa shape index (κ2) is 6.11. The molecular weight excluding hydrogens is 322 g/mol. The lowest BCUT2D eigenvalue weighted by Gasteiger charge is -2.21. The van der Waals surface area contributed by atoms with Gasteiger partial charge in [-0.3, -0.25) is 9.69 Å². The molecule has 0 aliphatic carbocycles. The van der Waals surface area contributed by atoms with E-state index in [1.54, 1.807) is 24.1 Å². The zero-order valence-corrected chi connectivity index (χ0v) is 14.5. The van der Waals surface area contributed by atoms with E-state index >= 15 is 0 Å². The number of carbonyl (C=O) groups excluding carboxylic acids is 1. The van der Waals surface area contributed by atoms with Gasteiger partial charge in [0, 0.05) is 50.9 Å².